The molecule has 0 aliphatic carbocycles. The Bertz CT molecular complexity index is 282. The standard InChI is InChI=1S/C12H21N3O2/c1-3-6-15-12(16)11(9-13)10-14-7-5-8-17-4-2/h10,14H,3-8H2,1-2H3,(H,15,16)/b11-10-. The van der Waals surface area contributed by atoms with Crippen molar-refractivity contribution in [3.05, 3.63) is 11.8 Å². The Hall–Kier alpha value is -1.54. The van der Waals surface area contributed by atoms with Gasteiger partial charge >= 0.3 is 0 Å². The first-order valence-corrected chi connectivity index (χ1v) is 5.95. The quantitative estimate of drug-likeness (QED) is 0.357. The van der Waals surface area contributed by atoms with Gasteiger partial charge in [0.2, 0.25) is 0 Å². The van der Waals surface area contributed by atoms with E-state index in [0.717, 1.165) is 12.8 Å². The summed E-state index contributed by atoms with van der Waals surface area (Å²) in [6.07, 6.45) is 3.16. The zero-order valence-electron chi connectivity index (χ0n) is 10.6. The largest absolute Gasteiger partial charge is 0.390 e. The normalized spacial score (nSPS) is 10.8. The van der Waals surface area contributed by atoms with Gasteiger partial charge in [0.05, 0.1) is 0 Å². The van der Waals surface area contributed by atoms with E-state index in [1.54, 1.807) is 0 Å². The molecule has 0 fully saturated rings. The van der Waals surface area contributed by atoms with Gasteiger partial charge in [0.15, 0.2) is 0 Å². The topological polar surface area (TPSA) is 74.2 Å². The highest BCUT2D eigenvalue weighted by Crippen LogP contribution is 1.91. The molecule has 0 aliphatic rings. The number of carbonyl (C=O) groups excluding carboxylic acids is 1. The first-order chi connectivity index (χ1) is 8.26. The van der Waals surface area contributed by atoms with Gasteiger partial charge in [-0.15, -0.1) is 0 Å². The Morgan fingerprint density at radius 3 is 2.76 bits per heavy atom. The zero-order valence-corrected chi connectivity index (χ0v) is 10.6. The van der Waals surface area contributed by atoms with Crippen molar-refractivity contribution in [2.45, 2.75) is 26.7 Å². The molecule has 0 aromatic carbocycles. The molecule has 2 N–H and O–H groups in total. The van der Waals surface area contributed by atoms with Crippen molar-refractivity contribution in [1.82, 2.24) is 10.6 Å². The molecule has 0 radical (unpaired) electrons. The van der Waals surface area contributed by atoms with E-state index < -0.39 is 0 Å². The predicted octanol–water partition coefficient (Wildman–Crippen LogP) is 0.936. The van der Waals surface area contributed by atoms with E-state index in [-0.39, 0.29) is 11.5 Å². The minimum atomic E-state index is -0.327. The fourth-order valence-electron chi connectivity index (χ4n) is 1.08. The van der Waals surface area contributed by atoms with E-state index in [4.69, 9.17) is 10.00 Å². The van der Waals surface area contributed by atoms with Crippen molar-refractivity contribution < 1.29 is 9.53 Å². The molecule has 17 heavy (non-hydrogen) atoms. The molecule has 96 valence electrons. The van der Waals surface area contributed by atoms with Crippen molar-refractivity contribution in [3.8, 4) is 6.07 Å². The Morgan fingerprint density at radius 2 is 2.18 bits per heavy atom. The molecule has 0 aromatic heterocycles. The third-order valence-electron chi connectivity index (χ3n) is 1.96. The summed E-state index contributed by atoms with van der Waals surface area (Å²) in [6.45, 7) is 6.57. The van der Waals surface area contributed by atoms with Crippen LogP contribution in [0.5, 0.6) is 0 Å². The van der Waals surface area contributed by atoms with E-state index in [0.29, 0.717) is 26.3 Å². The van der Waals surface area contributed by atoms with Gasteiger partial charge in [0.25, 0.3) is 5.91 Å². The second-order valence-corrected chi connectivity index (χ2v) is 3.43. The zero-order chi connectivity index (χ0) is 12.9. The molecule has 0 heterocycles. The lowest BCUT2D eigenvalue weighted by atomic mass is 10.3. The monoisotopic (exact) mass is 239 g/mol. The molecular formula is C12H21N3O2. The number of carbonyl (C=O) groups is 1. The van der Waals surface area contributed by atoms with Gasteiger partial charge < -0.3 is 15.4 Å². The number of nitriles is 1. The number of hydrogen-bond acceptors (Lipinski definition) is 4. The minimum Gasteiger partial charge on any atom is -0.390 e. The Kier molecular flexibility index (Phi) is 9.97. The molecule has 0 atom stereocenters. The Labute approximate surface area is 103 Å². The maximum absolute atomic E-state index is 11.4. The van der Waals surface area contributed by atoms with Gasteiger partial charge in [-0.1, -0.05) is 6.92 Å². The van der Waals surface area contributed by atoms with Crippen molar-refractivity contribution in [2.24, 2.45) is 0 Å². The summed E-state index contributed by atoms with van der Waals surface area (Å²) in [7, 11) is 0. The lowest BCUT2D eigenvalue weighted by Crippen LogP contribution is -2.26. The molecule has 0 unspecified atom stereocenters. The minimum absolute atomic E-state index is 0.106. The third kappa shape index (κ3) is 8.29. The van der Waals surface area contributed by atoms with Crippen LogP contribution in [-0.2, 0) is 9.53 Å². The van der Waals surface area contributed by atoms with E-state index in [9.17, 15) is 4.79 Å². The van der Waals surface area contributed by atoms with Crippen molar-refractivity contribution in [2.75, 3.05) is 26.3 Å². The fourth-order valence-corrected chi connectivity index (χ4v) is 1.08. The van der Waals surface area contributed by atoms with Crippen LogP contribution in [0.4, 0.5) is 0 Å². The molecular weight excluding hydrogens is 218 g/mol. The second-order valence-electron chi connectivity index (χ2n) is 3.43. The molecule has 0 saturated heterocycles. The van der Waals surface area contributed by atoms with Gasteiger partial charge in [0.1, 0.15) is 11.6 Å². The molecule has 0 spiro atoms. The van der Waals surface area contributed by atoms with E-state index in [1.165, 1.54) is 6.20 Å². The predicted molar refractivity (Wildman–Crippen MR) is 66.1 cm³/mol. The van der Waals surface area contributed by atoms with Gasteiger partial charge in [-0.25, -0.2) is 0 Å². The lowest BCUT2D eigenvalue weighted by molar-refractivity contribution is -0.117. The van der Waals surface area contributed by atoms with Crippen LogP contribution < -0.4 is 10.6 Å². The summed E-state index contributed by atoms with van der Waals surface area (Å²) in [5.41, 5.74) is 0.106. The first-order valence-electron chi connectivity index (χ1n) is 5.95. The van der Waals surface area contributed by atoms with E-state index in [1.807, 2.05) is 19.9 Å². The number of rotatable bonds is 9. The molecule has 0 saturated carbocycles. The lowest BCUT2D eigenvalue weighted by Gasteiger charge is -2.04. The average molecular weight is 239 g/mol. The maximum atomic E-state index is 11.4. The van der Waals surface area contributed by atoms with Crippen LogP contribution in [0.2, 0.25) is 0 Å². The van der Waals surface area contributed by atoms with Gasteiger partial charge in [0, 0.05) is 32.5 Å². The summed E-state index contributed by atoms with van der Waals surface area (Å²) in [5.74, 6) is -0.327. The van der Waals surface area contributed by atoms with E-state index in [2.05, 4.69) is 10.6 Å². The molecule has 5 nitrogen and oxygen atoms in total. The van der Waals surface area contributed by atoms with Gasteiger partial charge in [-0.2, -0.15) is 5.26 Å². The van der Waals surface area contributed by atoms with Gasteiger partial charge in [-0.05, 0) is 19.8 Å². The van der Waals surface area contributed by atoms with Gasteiger partial charge in [-0.3, -0.25) is 4.79 Å². The fraction of sp³-hybridized carbons (Fsp3) is 0.667. The van der Waals surface area contributed by atoms with Crippen LogP contribution in [-0.4, -0.2) is 32.2 Å². The first kappa shape index (κ1) is 15.5. The maximum Gasteiger partial charge on any atom is 0.263 e. The van der Waals surface area contributed by atoms with E-state index >= 15 is 0 Å². The summed E-state index contributed by atoms with van der Waals surface area (Å²) in [6, 6.07) is 1.87. The molecule has 0 aromatic rings. The van der Waals surface area contributed by atoms with Crippen LogP contribution in [0, 0.1) is 11.3 Å². The van der Waals surface area contributed by atoms with Crippen LogP contribution in [0.3, 0.4) is 0 Å². The highest BCUT2D eigenvalue weighted by molar-refractivity contribution is 5.97. The van der Waals surface area contributed by atoms with Crippen LogP contribution >= 0.6 is 0 Å². The summed E-state index contributed by atoms with van der Waals surface area (Å²) in [5, 5.41) is 14.4. The highest BCUT2D eigenvalue weighted by Gasteiger charge is 2.06. The summed E-state index contributed by atoms with van der Waals surface area (Å²) < 4.78 is 5.16. The smallest absolute Gasteiger partial charge is 0.263 e. The van der Waals surface area contributed by atoms with Crippen LogP contribution in [0.25, 0.3) is 0 Å². The Morgan fingerprint density at radius 1 is 1.41 bits per heavy atom. The molecule has 0 bridgehead atoms. The number of hydrogen-bond donors (Lipinski definition) is 2. The van der Waals surface area contributed by atoms with Crippen molar-refractivity contribution >= 4 is 5.91 Å². The molecule has 5 heteroatoms. The van der Waals surface area contributed by atoms with Crippen molar-refractivity contribution in [3.63, 3.8) is 0 Å². The molecule has 0 rings (SSSR count). The average Bonchev–Trinajstić information content (AvgIpc) is 2.35. The Balaban J connectivity index is 3.85. The van der Waals surface area contributed by atoms with Crippen LogP contribution in [0.15, 0.2) is 11.8 Å². The number of ether oxygens (including phenoxy) is 1. The van der Waals surface area contributed by atoms with Crippen LogP contribution in [0.1, 0.15) is 26.7 Å². The summed E-state index contributed by atoms with van der Waals surface area (Å²) >= 11 is 0. The molecule has 1 amide bonds. The second kappa shape index (κ2) is 11.0. The SMILES string of the molecule is CCCNC(=O)/C(C#N)=C\NCCCOCC. The number of amides is 1. The highest BCUT2D eigenvalue weighted by atomic mass is 16.5. The van der Waals surface area contributed by atoms with Crippen molar-refractivity contribution in [1.29, 1.82) is 5.26 Å². The summed E-state index contributed by atoms with van der Waals surface area (Å²) in [4.78, 5) is 11.4. The third-order valence-corrected chi connectivity index (χ3v) is 1.96. The number of nitrogens with one attached hydrogen (secondary N) is 2. The molecule has 0 aliphatic heterocycles. The number of nitrogens with zero attached hydrogens (tertiary/aromatic N) is 1.